The maximum Gasteiger partial charge on any atom is 0.0480 e. The van der Waals surface area contributed by atoms with Crippen LogP contribution in [-0.2, 0) is 11.3 Å². The molecule has 1 fully saturated rings. The van der Waals surface area contributed by atoms with Crippen LogP contribution in [-0.4, -0.2) is 31.2 Å². The van der Waals surface area contributed by atoms with Crippen molar-refractivity contribution in [3.8, 4) is 0 Å². The molecule has 1 aliphatic heterocycles. The van der Waals surface area contributed by atoms with Crippen LogP contribution in [0.4, 0.5) is 0 Å². The van der Waals surface area contributed by atoms with Gasteiger partial charge in [0.25, 0.3) is 0 Å². The van der Waals surface area contributed by atoms with Gasteiger partial charge in [-0.1, -0.05) is 33.6 Å². The van der Waals surface area contributed by atoms with Gasteiger partial charge in [0.1, 0.15) is 0 Å². The highest BCUT2D eigenvalue weighted by molar-refractivity contribution is 9.10. The smallest absolute Gasteiger partial charge is 0.0480 e. The lowest BCUT2D eigenvalue weighted by Gasteiger charge is -2.31. The number of ether oxygens (including phenoxy) is 1. The van der Waals surface area contributed by atoms with E-state index in [9.17, 15) is 0 Å². The Bertz CT molecular complexity index is 374. The second-order valence-corrected chi connectivity index (χ2v) is 5.71. The summed E-state index contributed by atoms with van der Waals surface area (Å²) in [5, 5.41) is 0. The SMILES string of the molecule is Cc1ccc(Br)c(CN(C)C2CCOCC2)c1. The van der Waals surface area contributed by atoms with Crippen molar-refractivity contribution < 1.29 is 4.74 Å². The molecule has 0 radical (unpaired) electrons. The Morgan fingerprint density at radius 1 is 1.35 bits per heavy atom. The van der Waals surface area contributed by atoms with Crippen LogP contribution in [0.25, 0.3) is 0 Å². The van der Waals surface area contributed by atoms with Crippen molar-refractivity contribution in [2.45, 2.75) is 32.4 Å². The van der Waals surface area contributed by atoms with Crippen molar-refractivity contribution in [3.05, 3.63) is 33.8 Å². The van der Waals surface area contributed by atoms with Gasteiger partial charge in [-0.15, -0.1) is 0 Å². The Morgan fingerprint density at radius 2 is 2.06 bits per heavy atom. The van der Waals surface area contributed by atoms with Crippen LogP contribution in [0.2, 0.25) is 0 Å². The molecule has 0 aromatic heterocycles. The van der Waals surface area contributed by atoms with Crippen LogP contribution in [0.15, 0.2) is 22.7 Å². The summed E-state index contributed by atoms with van der Waals surface area (Å²) >= 11 is 3.63. The Hall–Kier alpha value is -0.380. The summed E-state index contributed by atoms with van der Waals surface area (Å²) in [4.78, 5) is 2.45. The van der Waals surface area contributed by atoms with Crippen LogP contribution in [0.3, 0.4) is 0 Å². The zero-order valence-electron chi connectivity index (χ0n) is 10.6. The predicted molar refractivity (Wildman–Crippen MR) is 74.2 cm³/mol. The van der Waals surface area contributed by atoms with E-state index in [0.717, 1.165) is 32.6 Å². The lowest BCUT2D eigenvalue weighted by atomic mass is 10.1. The fourth-order valence-corrected chi connectivity index (χ4v) is 2.72. The van der Waals surface area contributed by atoms with E-state index in [0.29, 0.717) is 6.04 Å². The summed E-state index contributed by atoms with van der Waals surface area (Å²) < 4.78 is 6.62. The van der Waals surface area contributed by atoms with E-state index in [-0.39, 0.29) is 0 Å². The van der Waals surface area contributed by atoms with Gasteiger partial charge in [0.15, 0.2) is 0 Å². The van der Waals surface area contributed by atoms with Gasteiger partial charge in [0, 0.05) is 30.3 Å². The number of aryl methyl sites for hydroxylation is 1. The molecule has 0 saturated carbocycles. The molecule has 1 saturated heterocycles. The number of rotatable bonds is 3. The minimum Gasteiger partial charge on any atom is -0.381 e. The van der Waals surface area contributed by atoms with Crippen molar-refractivity contribution in [1.82, 2.24) is 4.90 Å². The van der Waals surface area contributed by atoms with Gasteiger partial charge in [-0.3, -0.25) is 4.90 Å². The van der Waals surface area contributed by atoms with Crippen LogP contribution < -0.4 is 0 Å². The molecular weight excluding hydrogens is 278 g/mol. The molecule has 0 spiro atoms. The summed E-state index contributed by atoms with van der Waals surface area (Å²) in [6.45, 7) is 4.96. The Morgan fingerprint density at radius 3 is 2.76 bits per heavy atom. The van der Waals surface area contributed by atoms with Gasteiger partial charge in [0.05, 0.1) is 0 Å². The molecule has 1 heterocycles. The summed E-state index contributed by atoms with van der Waals surface area (Å²) in [6.07, 6.45) is 2.31. The molecule has 0 amide bonds. The van der Waals surface area contributed by atoms with Gasteiger partial charge >= 0.3 is 0 Å². The topological polar surface area (TPSA) is 12.5 Å². The number of halogens is 1. The molecule has 0 unspecified atom stereocenters. The minimum absolute atomic E-state index is 0.663. The first-order valence-corrected chi connectivity index (χ1v) is 6.99. The molecule has 1 aliphatic rings. The van der Waals surface area contributed by atoms with E-state index in [4.69, 9.17) is 4.74 Å². The monoisotopic (exact) mass is 297 g/mol. The highest BCUT2D eigenvalue weighted by Gasteiger charge is 2.18. The van der Waals surface area contributed by atoms with Gasteiger partial charge in [0.2, 0.25) is 0 Å². The normalized spacial score (nSPS) is 17.6. The van der Waals surface area contributed by atoms with Crippen LogP contribution in [0.1, 0.15) is 24.0 Å². The van der Waals surface area contributed by atoms with Crippen molar-refractivity contribution >= 4 is 15.9 Å². The Kier molecular flexibility index (Phi) is 4.60. The molecule has 0 bridgehead atoms. The standard InChI is InChI=1S/C14H20BrNO/c1-11-3-4-14(15)12(9-11)10-16(2)13-5-7-17-8-6-13/h3-4,9,13H,5-8,10H2,1-2H3. The van der Waals surface area contributed by atoms with Gasteiger partial charge in [-0.2, -0.15) is 0 Å². The summed E-state index contributed by atoms with van der Waals surface area (Å²) in [5.41, 5.74) is 2.70. The third kappa shape index (κ3) is 3.54. The fraction of sp³-hybridized carbons (Fsp3) is 0.571. The van der Waals surface area contributed by atoms with Crippen molar-refractivity contribution in [3.63, 3.8) is 0 Å². The average Bonchev–Trinajstić information content (AvgIpc) is 2.35. The molecule has 3 heteroatoms. The van der Waals surface area contributed by atoms with Crippen molar-refractivity contribution in [1.29, 1.82) is 0 Å². The molecule has 94 valence electrons. The predicted octanol–water partition coefficient (Wildman–Crippen LogP) is 3.37. The molecule has 0 N–H and O–H groups in total. The van der Waals surface area contributed by atoms with Crippen LogP contribution in [0.5, 0.6) is 0 Å². The maximum atomic E-state index is 5.41. The first-order chi connectivity index (χ1) is 8.16. The van der Waals surface area contributed by atoms with E-state index < -0.39 is 0 Å². The Balaban J connectivity index is 2.01. The molecule has 0 atom stereocenters. The number of benzene rings is 1. The van der Waals surface area contributed by atoms with Crippen molar-refractivity contribution in [2.24, 2.45) is 0 Å². The summed E-state index contributed by atoms with van der Waals surface area (Å²) in [5.74, 6) is 0. The largest absolute Gasteiger partial charge is 0.381 e. The van der Waals surface area contributed by atoms with Crippen molar-refractivity contribution in [2.75, 3.05) is 20.3 Å². The molecule has 1 aromatic carbocycles. The second-order valence-electron chi connectivity index (χ2n) is 4.85. The third-order valence-corrected chi connectivity index (χ3v) is 4.21. The maximum absolute atomic E-state index is 5.41. The minimum atomic E-state index is 0.663. The average molecular weight is 298 g/mol. The van der Waals surface area contributed by atoms with Gasteiger partial charge in [-0.05, 0) is 38.4 Å². The van der Waals surface area contributed by atoms with E-state index >= 15 is 0 Å². The first kappa shape index (κ1) is 13.1. The van der Waals surface area contributed by atoms with E-state index in [1.807, 2.05) is 0 Å². The molecule has 0 aliphatic carbocycles. The van der Waals surface area contributed by atoms with Gasteiger partial charge < -0.3 is 4.74 Å². The molecular formula is C14H20BrNO. The molecule has 2 nitrogen and oxygen atoms in total. The van der Waals surface area contributed by atoms with E-state index in [2.05, 4.69) is 53.0 Å². The van der Waals surface area contributed by atoms with Crippen LogP contribution >= 0.6 is 15.9 Å². The molecule has 2 rings (SSSR count). The lowest BCUT2D eigenvalue weighted by Crippen LogP contribution is -2.36. The summed E-state index contributed by atoms with van der Waals surface area (Å²) in [6, 6.07) is 7.21. The zero-order chi connectivity index (χ0) is 12.3. The number of hydrogen-bond acceptors (Lipinski definition) is 2. The zero-order valence-corrected chi connectivity index (χ0v) is 12.2. The Labute approximate surface area is 112 Å². The highest BCUT2D eigenvalue weighted by Crippen LogP contribution is 2.22. The molecule has 1 aromatic rings. The highest BCUT2D eigenvalue weighted by atomic mass is 79.9. The number of nitrogens with zero attached hydrogens (tertiary/aromatic N) is 1. The fourth-order valence-electron chi connectivity index (χ4n) is 2.35. The van der Waals surface area contributed by atoms with E-state index in [1.54, 1.807) is 0 Å². The molecule has 17 heavy (non-hydrogen) atoms. The lowest BCUT2D eigenvalue weighted by molar-refractivity contribution is 0.0406. The van der Waals surface area contributed by atoms with Crippen LogP contribution in [0, 0.1) is 6.92 Å². The van der Waals surface area contributed by atoms with Gasteiger partial charge in [-0.25, -0.2) is 0 Å². The quantitative estimate of drug-likeness (QED) is 0.848. The number of hydrogen-bond donors (Lipinski definition) is 0. The second kappa shape index (κ2) is 5.98. The third-order valence-electron chi connectivity index (χ3n) is 3.44. The first-order valence-electron chi connectivity index (χ1n) is 6.20. The van der Waals surface area contributed by atoms with E-state index in [1.165, 1.54) is 15.6 Å². The summed E-state index contributed by atoms with van der Waals surface area (Å²) in [7, 11) is 2.21.